The van der Waals surface area contributed by atoms with Crippen LogP contribution in [-0.4, -0.2) is 25.4 Å². The van der Waals surface area contributed by atoms with E-state index in [0.29, 0.717) is 6.61 Å². The summed E-state index contributed by atoms with van der Waals surface area (Å²) in [5, 5.41) is 4.13. The Morgan fingerprint density at radius 2 is 2.00 bits per heavy atom. The van der Waals surface area contributed by atoms with Gasteiger partial charge in [-0.15, -0.1) is 0 Å². The molecule has 2 aliphatic rings. The fourth-order valence-corrected chi connectivity index (χ4v) is 2.56. The van der Waals surface area contributed by atoms with Crippen LogP contribution < -0.4 is 0 Å². The summed E-state index contributed by atoms with van der Waals surface area (Å²) in [5.41, 5.74) is 1.15. The zero-order valence-corrected chi connectivity index (χ0v) is 10.2. The minimum absolute atomic E-state index is 0.255. The third-order valence-electron chi connectivity index (χ3n) is 3.53. The molecule has 17 heavy (non-hydrogen) atoms. The van der Waals surface area contributed by atoms with Gasteiger partial charge in [0.15, 0.2) is 0 Å². The molecule has 0 bridgehead atoms. The molecule has 0 N–H and O–H groups in total. The first-order valence-electron chi connectivity index (χ1n) is 6.19. The van der Waals surface area contributed by atoms with Crippen molar-refractivity contribution in [1.29, 1.82) is 0 Å². The number of carbonyl (C=O) groups is 1. The van der Waals surface area contributed by atoms with E-state index in [4.69, 9.17) is 4.84 Å². The Hall–Kier alpha value is -1.32. The van der Waals surface area contributed by atoms with E-state index in [2.05, 4.69) is 22.0 Å². The van der Waals surface area contributed by atoms with Crippen LogP contribution >= 0.6 is 0 Å². The van der Waals surface area contributed by atoms with Gasteiger partial charge in [0.25, 0.3) is 0 Å². The lowest BCUT2D eigenvalue weighted by Gasteiger charge is -2.18. The van der Waals surface area contributed by atoms with Crippen LogP contribution in [0.3, 0.4) is 0 Å². The fraction of sp³-hybridized carbons (Fsp3) is 0.692. The van der Waals surface area contributed by atoms with Gasteiger partial charge in [-0.1, -0.05) is 17.3 Å². The van der Waals surface area contributed by atoms with E-state index in [9.17, 15) is 4.79 Å². The summed E-state index contributed by atoms with van der Waals surface area (Å²) in [5.74, 6) is 1.25. The van der Waals surface area contributed by atoms with Crippen molar-refractivity contribution in [2.24, 2.45) is 17.0 Å². The molecule has 0 amide bonds. The van der Waals surface area contributed by atoms with E-state index >= 15 is 0 Å². The molecule has 2 rings (SSSR count). The Labute approximate surface area is 102 Å². The summed E-state index contributed by atoms with van der Waals surface area (Å²) >= 11 is 0. The molecular weight excluding hydrogens is 218 g/mol. The van der Waals surface area contributed by atoms with Crippen molar-refractivity contribution in [2.75, 3.05) is 13.7 Å². The second-order valence-electron chi connectivity index (χ2n) is 4.69. The number of nitrogens with zero attached hydrogens (tertiary/aromatic N) is 1. The molecule has 2 aliphatic carbocycles. The summed E-state index contributed by atoms with van der Waals surface area (Å²) in [4.78, 5) is 16.0. The first-order valence-corrected chi connectivity index (χ1v) is 6.19. The number of esters is 1. The summed E-state index contributed by atoms with van der Waals surface area (Å²) in [6.45, 7) is 0.309. The van der Waals surface area contributed by atoms with E-state index in [0.717, 1.165) is 30.4 Å². The first kappa shape index (κ1) is 12.1. The maximum Gasteiger partial charge on any atom is 0.309 e. The summed E-state index contributed by atoms with van der Waals surface area (Å²) in [6, 6.07) is 0. The largest absolute Gasteiger partial charge is 0.469 e. The van der Waals surface area contributed by atoms with Gasteiger partial charge in [0.2, 0.25) is 0 Å². The van der Waals surface area contributed by atoms with Crippen molar-refractivity contribution < 1.29 is 14.4 Å². The number of ether oxygens (including phenoxy) is 1. The molecule has 0 spiro atoms. The van der Waals surface area contributed by atoms with Crippen LogP contribution in [0.4, 0.5) is 0 Å². The Morgan fingerprint density at radius 1 is 1.35 bits per heavy atom. The average molecular weight is 237 g/mol. The highest BCUT2D eigenvalue weighted by Crippen LogP contribution is 2.38. The van der Waals surface area contributed by atoms with Crippen LogP contribution in [0.25, 0.3) is 0 Å². The number of allylic oxidation sites excluding steroid dienone is 2. The van der Waals surface area contributed by atoms with Gasteiger partial charge >= 0.3 is 5.97 Å². The number of methoxy groups -OCH3 is 1. The Kier molecular flexibility index (Phi) is 4.18. The topological polar surface area (TPSA) is 47.9 Å². The second-order valence-corrected chi connectivity index (χ2v) is 4.69. The van der Waals surface area contributed by atoms with E-state index in [-0.39, 0.29) is 12.4 Å². The molecule has 1 saturated carbocycles. The smallest absolute Gasteiger partial charge is 0.309 e. The molecule has 0 saturated heterocycles. The number of carbonyl (C=O) groups excluding carboxylic acids is 1. The van der Waals surface area contributed by atoms with Gasteiger partial charge in [0.05, 0.1) is 19.2 Å². The normalized spacial score (nSPS) is 29.1. The van der Waals surface area contributed by atoms with Crippen LogP contribution in [-0.2, 0) is 14.4 Å². The number of hydrogen-bond donors (Lipinski definition) is 0. The molecule has 0 radical (unpaired) electrons. The molecule has 0 aromatic heterocycles. The third-order valence-corrected chi connectivity index (χ3v) is 3.53. The lowest BCUT2D eigenvalue weighted by Crippen LogP contribution is -2.08. The van der Waals surface area contributed by atoms with Crippen molar-refractivity contribution in [3.8, 4) is 0 Å². The molecule has 0 aromatic rings. The zero-order chi connectivity index (χ0) is 12.1. The standard InChI is InChI=1S/C13H19NO3/c1-16-13(15)6-7-17-14-12-8-10-4-2-3-5-11(10)9-12/h2-3,10-11H,4-9H2,1H3/t10-,11+. The van der Waals surface area contributed by atoms with Crippen molar-refractivity contribution in [2.45, 2.75) is 32.1 Å². The van der Waals surface area contributed by atoms with Gasteiger partial charge in [-0.25, -0.2) is 0 Å². The van der Waals surface area contributed by atoms with Crippen LogP contribution in [0.2, 0.25) is 0 Å². The minimum atomic E-state index is -0.255. The van der Waals surface area contributed by atoms with Crippen molar-refractivity contribution in [3.05, 3.63) is 12.2 Å². The predicted octanol–water partition coefficient (Wildman–Crippen LogP) is 2.30. The van der Waals surface area contributed by atoms with Crippen molar-refractivity contribution in [1.82, 2.24) is 0 Å². The zero-order valence-electron chi connectivity index (χ0n) is 10.2. The molecule has 4 nitrogen and oxygen atoms in total. The maximum absolute atomic E-state index is 10.9. The van der Waals surface area contributed by atoms with E-state index in [1.165, 1.54) is 20.0 Å². The SMILES string of the molecule is COC(=O)CCON=C1C[C@H]2CC=CC[C@H]2C1. The van der Waals surface area contributed by atoms with Crippen molar-refractivity contribution >= 4 is 11.7 Å². The first-order chi connectivity index (χ1) is 8.29. The monoisotopic (exact) mass is 237 g/mol. The fourth-order valence-electron chi connectivity index (χ4n) is 2.56. The Balaban J connectivity index is 1.71. The molecule has 0 aromatic carbocycles. The molecule has 2 atom stereocenters. The Morgan fingerprint density at radius 3 is 2.59 bits per heavy atom. The van der Waals surface area contributed by atoms with Gasteiger partial charge in [-0.3, -0.25) is 4.79 Å². The highest BCUT2D eigenvalue weighted by Gasteiger charge is 2.31. The summed E-state index contributed by atoms with van der Waals surface area (Å²) in [7, 11) is 1.38. The summed E-state index contributed by atoms with van der Waals surface area (Å²) in [6.07, 6.45) is 9.24. The van der Waals surface area contributed by atoms with E-state index in [1.807, 2.05) is 0 Å². The van der Waals surface area contributed by atoms with Gasteiger partial charge in [0, 0.05) is 0 Å². The maximum atomic E-state index is 10.9. The average Bonchev–Trinajstić information content (AvgIpc) is 2.76. The molecule has 94 valence electrons. The lowest BCUT2D eigenvalue weighted by atomic mass is 9.86. The Bertz CT molecular complexity index is 318. The molecule has 0 unspecified atom stereocenters. The molecule has 1 fully saturated rings. The number of hydrogen-bond acceptors (Lipinski definition) is 4. The van der Waals surface area contributed by atoms with E-state index < -0.39 is 0 Å². The highest BCUT2D eigenvalue weighted by atomic mass is 16.6. The van der Waals surface area contributed by atoms with Crippen molar-refractivity contribution in [3.63, 3.8) is 0 Å². The van der Waals surface area contributed by atoms with Crippen LogP contribution in [0.5, 0.6) is 0 Å². The predicted molar refractivity (Wildman–Crippen MR) is 64.6 cm³/mol. The number of rotatable bonds is 4. The number of fused-ring (bicyclic) bond motifs is 1. The minimum Gasteiger partial charge on any atom is -0.469 e. The van der Waals surface area contributed by atoms with Crippen LogP contribution in [0.15, 0.2) is 17.3 Å². The number of oxime groups is 1. The molecular formula is C13H19NO3. The van der Waals surface area contributed by atoms with Gasteiger partial charge < -0.3 is 9.57 Å². The van der Waals surface area contributed by atoms with Gasteiger partial charge in [-0.05, 0) is 37.5 Å². The highest BCUT2D eigenvalue weighted by molar-refractivity contribution is 5.86. The molecule has 0 aliphatic heterocycles. The van der Waals surface area contributed by atoms with Gasteiger partial charge in [-0.2, -0.15) is 0 Å². The van der Waals surface area contributed by atoms with Crippen LogP contribution in [0, 0.1) is 11.8 Å². The van der Waals surface area contributed by atoms with E-state index in [1.54, 1.807) is 0 Å². The molecule has 4 heteroatoms. The quantitative estimate of drug-likeness (QED) is 0.326. The second kappa shape index (κ2) is 5.84. The third kappa shape index (κ3) is 3.32. The lowest BCUT2D eigenvalue weighted by molar-refractivity contribution is -0.141. The summed E-state index contributed by atoms with van der Waals surface area (Å²) < 4.78 is 4.52. The van der Waals surface area contributed by atoms with Crippen LogP contribution in [0.1, 0.15) is 32.1 Å². The van der Waals surface area contributed by atoms with Gasteiger partial charge in [0.1, 0.15) is 6.61 Å². The molecule has 0 heterocycles.